The minimum atomic E-state index is -0.885. The van der Waals surface area contributed by atoms with Crippen LogP contribution < -0.4 is 0 Å². The van der Waals surface area contributed by atoms with Gasteiger partial charge in [-0.15, -0.1) is 0 Å². The third-order valence-corrected chi connectivity index (χ3v) is 2.44. The second kappa shape index (κ2) is 7.54. The van der Waals surface area contributed by atoms with Crippen LogP contribution in [0.4, 0.5) is 0 Å². The summed E-state index contributed by atoms with van der Waals surface area (Å²) in [5.41, 5.74) is 0. The number of carboxylic acid groups (broad SMARTS) is 1. The topological polar surface area (TPSA) is 54.4 Å². The zero-order chi connectivity index (χ0) is 11.0. The van der Waals surface area contributed by atoms with Gasteiger partial charge in [-0.3, -0.25) is 9.59 Å². The van der Waals surface area contributed by atoms with Crippen molar-refractivity contribution in [1.29, 1.82) is 0 Å². The van der Waals surface area contributed by atoms with E-state index in [1.165, 1.54) is 0 Å². The van der Waals surface area contributed by atoms with Gasteiger partial charge in [0.25, 0.3) is 0 Å². The number of unbranched alkanes of at least 4 members (excludes halogenated alkanes) is 1. The van der Waals surface area contributed by atoms with Crippen molar-refractivity contribution < 1.29 is 14.7 Å². The molecular formula is C11H20O3. The van der Waals surface area contributed by atoms with Crippen LogP contribution in [0.3, 0.4) is 0 Å². The van der Waals surface area contributed by atoms with Gasteiger partial charge in [0.05, 0.1) is 6.42 Å². The molecule has 0 amide bonds. The van der Waals surface area contributed by atoms with E-state index >= 15 is 0 Å². The van der Waals surface area contributed by atoms with Crippen molar-refractivity contribution in [2.24, 2.45) is 5.92 Å². The van der Waals surface area contributed by atoms with E-state index < -0.39 is 5.97 Å². The number of Topliss-reactive ketones (excluding diaryl/α,β-unsaturated/α-hetero) is 1. The van der Waals surface area contributed by atoms with E-state index in [9.17, 15) is 9.59 Å². The lowest BCUT2D eigenvalue weighted by Crippen LogP contribution is -2.15. The first-order valence-corrected chi connectivity index (χ1v) is 5.36. The molecule has 0 aromatic rings. The molecule has 0 aromatic carbocycles. The maximum absolute atomic E-state index is 11.5. The Balaban J connectivity index is 3.85. The van der Waals surface area contributed by atoms with Gasteiger partial charge in [-0.1, -0.05) is 26.7 Å². The number of rotatable bonds is 8. The summed E-state index contributed by atoms with van der Waals surface area (Å²) in [5.74, 6) is -0.693. The maximum atomic E-state index is 11.5. The summed E-state index contributed by atoms with van der Waals surface area (Å²) in [6.07, 6.45) is 4.04. The van der Waals surface area contributed by atoms with Gasteiger partial charge < -0.3 is 5.11 Å². The minimum absolute atomic E-state index is 0.0263. The van der Waals surface area contributed by atoms with Gasteiger partial charge in [0.15, 0.2) is 0 Å². The lowest BCUT2D eigenvalue weighted by molar-refractivity contribution is -0.139. The maximum Gasteiger partial charge on any atom is 0.303 e. The van der Waals surface area contributed by atoms with Crippen LogP contribution in [0.15, 0.2) is 0 Å². The van der Waals surface area contributed by atoms with Gasteiger partial charge in [-0.25, -0.2) is 0 Å². The molecule has 0 bridgehead atoms. The average molecular weight is 200 g/mol. The van der Waals surface area contributed by atoms with Gasteiger partial charge in [0, 0.05) is 12.3 Å². The van der Waals surface area contributed by atoms with E-state index in [0.29, 0.717) is 0 Å². The summed E-state index contributed by atoms with van der Waals surface area (Å²) in [4.78, 5) is 21.8. The van der Waals surface area contributed by atoms with Crippen molar-refractivity contribution in [3.63, 3.8) is 0 Å². The molecule has 1 unspecified atom stereocenters. The average Bonchev–Trinajstić information content (AvgIpc) is 2.16. The van der Waals surface area contributed by atoms with Crippen molar-refractivity contribution >= 4 is 11.8 Å². The number of hydrogen-bond acceptors (Lipinski definition) is 2. The first-order chi connectivity index (χ1) is 6.61. The van der Waals surface area contributed by atoms with Gasteiger partial charge in [0.2, 0.25) is 0 Å². The van der Waals surface area contributed by atoms with E-state index in [1.807, 2.05) is 6.92 Å². The van der Waals surface area contributed by atoms with Crippen molar-refractivity contribution in [2.75, 3.05) is 0 Å². The monoisotopic (exact) mass is 200 g/mol. The Hall–Kier alpha value is -0.860. The van der Waals surface area contributed by atoms with Gasteiger partial charge >= 0.3 is 5.97 Å². The van der Waals surface area contributed by atoms with E-state index in [1.54, 1.807) is 0 Å². The molecule has 0 aromatic heterocycles. The molecule has 0 fully saturated rings. The molecule has 0 aliphatic carbocycles. The summed E-state index contributed by atoms with van der Waals surface area (Å²) < 4.78 is 0. The van der Waals surface area contributed by atoms with Crippen molar-refractivity contribution in [2.45, 2.75) is 52.4 Å². The predicted octanol–water partition coefficient (Wildman–Crippen LogP) is 2.64. The summed E-state index contributed by atoms with van der Waals surface area (Å²) in [5, 5.41) is 8.44. The Bertz CT molecular complexity index is 187. The predicted molar refractivity (Wildman–Crippen MR) is 55.2 cm³/mol. The molecular weight excluding hydrogens is 180 g/mol. The normalized spacial score (nSPS) is 12.4. The molecule has 0 spiro atoms. The van der Waals surface area contributed by atoms with Crippen LogP contribution in [0.25, 0.3) is 0 Å². The van der Waals surface area contributed by atoms with Gasteiger partial charge in [-0.2, -0.15) is 0 Å². The van der Waals surface area contributed by atoms with Crippen LogP contribution in [0.5, 0.6) is 0 Å². The zero-order valence-electron chi connectivity index (χ0n) is 9.08. The highest BCUT2D eigenvalue weighted by Crippen LogP contribution is 2.16. The summed E-state index contributed by atoms with van der Waals surface area (Å²) in [6.45, 7) is 4.08. The first-order valence-electron chi connectivity index (χ1n) is 5.36. The molecule has 82 valence electrons. The Morgan fingerprint density at radius 1 is 1.21 bits per heavy atom. The van der Waals surface area contributed by atoms with Crippen LogP contribution in [0, 0.1) is 5.92 Å². The molecule has 0 radical (unpaired) electrons. The van der Waals surface area contributed by atoms with Crippen LogP contribution in [-0.2, 0) is 9.59 Å². The number of ketones is 1. The molecule has 3 nitrogen and oxygen atoms in total. The Kier molecular flexibility index (Phi) is 7.07. The van der Waals surface area contributed by atoms with Crippen LogP contribution in [0.1, 0.15) is 52.4 Å². The summed E-state index contributed by atoms with van der Waals surface area (Å²) in [6, 6.07) is 0. The molecule has 0 heterocycles. The van der Waals surface area contributed by atoms with E-state index in [4.69, 9.17) is 5.11 Å². The zero-order valence-corrected chi connectivity index (χ0v) is 9.08. The van der Waals surface area contributed by atoms with Gasteiger partial charge in [-0.05, 0) is 12.8 Å². The molecule has 14 heavy (non-hydrogen) atoms. The standard InChI is InChI=1S/C11H20O3/c1-3-5-6-9(4-2)10(12)7-8-11(13)14/h9H,3-8H2,1-2H3,(H,13,14). The first kappa shape index (κ1) is 13.1. The van der Waals surface area contributed by atoms with Gasteiger partial charge in [0.1, 0.15) is 5.78 Å². The molecule has 0 aliphatic rings. The fourth-order valence-corrected chi connectivity index (χ4v) is 1.48. The Morgan fingerprint density at radius 3 is 2.29 bits per heavy atom. The molecule has 0 saturated carbocycles. The quantitative estimate of drug-likeness (QED) is 0.655. The third-order valence-electron chi connectivity index (χ3n) is 2.44. The number of carboxylic acids is 1. The SMILES string of the molecule is CCCCC(CC)C(=O)CCC(=O)O. The highest BCUT2D eigenvalue weighted by Gasteiger charge is 2.16. The number of carbonyl (C=O) groups is 2. The number of hydrogen-bond donors (Lipinski definition) is 1. The highest BCUT2D eigenvalue weighted by molar-refractivity contribution is 5.84. The highest BCUT2D eigenvalue weighted by atomic mass is 16.4. The molecule has 0 aliphatic heterocycles. The lowest BCUT2D eigenvalue weighted by Gasteiger charge is -2.11. The minimum Gasteiger partial charge on any atom is -0.481 e. The van der Waals surface area contributed by atoms with Crippen molar-refractivity contribution in [1.82, 2.24) is 0 Å². The molecule has 0 saturated heterocycles. The number of aliphatic carboxylic acids is 1. The van der Waals surface area contributed by atoms with Crippen LogP contribution in [-0.4, -0.2) is 16.9 Å². The summed E-state index contributed by atoms with van der Waals surface area (Å²) >= 11 is 0. The smallest absolute Gasteiger partial charge is 0.303 e. The summed E-state index contributed by atoms with van der Waals surface area (Å²) in [7, 11) is 0. The lowest BCUT2D eigenvalue weighted by atomic mass is 9.92. The van der Waals surface area contributed by atoms with E-state index in [0.717, 1.165) is 25.7 Å². The second-order valence-corrected chi connectivity index (χ2v) is 3.61. The van der Waals surface area contributed by atoms with Crippen LogP contribution in [0.2, 0.25) is 0 Å². The van der Waals surface area contributed by atoms with Crippen molar-refractivity contribution in [3.8, 4) is 0 Å². The fraction of sp³-hybridized carbons (Fsp3) is 0.818. The molecule has 1 atom stereocenters. The van der Waals surface area contributed by atoms with Crippen LogP contribution >= 0.6 is 0 Å². The molecule has 3 heteroatoms. The second-order valence-electron chi connectivity index (χ2n) is 3.61. The van der Waals surface area contributed by atoms with Crippen molar-refractivity contribution in [3.05, 3.63) is 0 Å². The Morgan fingerprint density at radius 2 is 1.86 bits per heavy atom. The molecule has 1 N–H and O–H groups in total. The largest absolute Gasteiger partial charge is 0.481 e. The molecule has 0 rings (SSSR count). The number of carbonyl (C=O) groups excluding carboxylic acids is 1. The van der Waals surface area contributed by atoms with E-state index in [-0.39, 0.29) is 24.5 Å². The third kappa shape index (κ3) is 5.73. The Labute approximate surface area is 85.5 Å². The fourth-order valence-electron chi connectivity index (χ4n) is 1.48. The van der Waals surface area contributed by atoms with E-state index in [2.05, 4.69) is 6.92 Å².